The number of aryl methyl sites for hydroxylation is 1. The van der Waals surface area contributed by atoms with Crippen molar-refractivity contribution >= 4 is 17.1 Å². The summed E-state index contributed by atoms with van der Waals surface area (Å²) >= 11 is 1.78. The van der Waals surface area contributed by atoms with Gasteiger partial charge in [0.1, 0.15) is 5.78 Å². The fourth-order valence-electron chi connectivity index (χ4n) is 2.99. The van der Waals surface area contributed by atoms with Gasteiger partial charge in [0.2, 0.25) is 0 Å². The normalized spacial score (nSPS) is 31.0. The second-order valence-electron chi connectivity index (χ2n) is 5.08. The molecule has 0 saturated carbocycles. The Morgan fingerprint density at radius 2 is 2.24 bits per heavy atom. The van der Waals surface area contributed by atoms with Crippen LogP contribution in [-0.2, 0) is 22.4 Å². The van der Waals surface area contributed by atoms with Crippen molar-refractivity contribution < 1.29 is 9.53 Å². The van der Waals surface area contributed by atoms with Gasteiger partial charge in [-0.25, -0.2) is 0 Å². The first-order valence-electron chi connectivity index (χ1n) is 6.52. The van der Waals surface area contributed by atoms with Crippen LogP contribution >= 0.6 is 11.3 Å². The summed E-state index contributed by atoms with van der Waals surface area (Å²) in [5.74, 6) is 0.572. The lowest BCUT2D eigenvalue weighted by Gasteiger charge is -2.16. The van der Waals surface area contributed by atoms with E-state index < -0.39 is 0 Å². The number of thiophene rings is 1. The summed E-state index contributed by atoms with van der Waals surface area (Å²) in [6, 6.07) is 4.25. The molecule has 0 spiro atoms. The minimum atomic E-state index is 0.181. The SMILES string of the molecule is CCc1ccc(CC(=O)C2CC3CCC2O3)s1. The Kier molecular flexibility index (Phi) is 3.05. The molecule has 0 amide bonds. The molecule has 0 aliphatic carbocycles. The predicted octanol–water partition coefficient (Wildman–Crippen LogP) is 2.99. The van der Waals surface area contributed by atoms with Crippen LogP contribution in [0.4, 0.5) is 0 Å². The third-order valence-corrected chi connectivity index (χ3v) is 5.16. The van der Waals surface area contributed by atoms with E-state index in [1.807, 2.05) is 0 Å². The van der Waals surface area contributed by atoms with Gasteiger partial charge in [0, 0.05) is 22.1 Å². The van der Waals surface area contributed by atoms with Gasteiger partial charge in [-0.1, -0.05) is 6.92 Å². The maximum atomic E-state index is 12.2. The number of fused-ring (bicyclic) bond motifs is 2. The van der Waals surface area contributed by atoms with Crippen molar-refractivity contribution in [2.24, 2.45) is 5.92 Å². The van der Waals surface area contributed by atoms with Gasteiger partial charge in [0.25, 0.3) is 0 Å². The van der Waals surface area contributed by atoms with Gasteiger partial charge in [-0.3, -0.25) is 4.79 Å². The Labute approximate surface area is 106 Å². The summed E-state index contributed by atoms with van der Waals surface area (Å²) in [5, 5.41) is 0. The van der Waals surface area contributed by atoms with Crippen LogP contribution in [-0.4, -0.2) is 18.0 Å². The molecule has 2 aliphatic heterocycles. The van der Waals surface area contributed by atoms with Gasteiger partial charge in [0.05, 0.1) is 12.2 Å². The summed E-state index contributed by atoms with van der Waals surface area (Å²) in [6.07, 6.45) is 5.51. The molecule has 1 aromatic rings. The zero-order valence-corrected chi connectivity index (χ0v) is 11.0. The second kappa shape index (κ2) is 4.54. The molecule has 92 valence electrons. The molecular weight excluding hydrogens is 232 g/mol. The molecule has 2 nitrogen and oxygen atoms in total. The average Bonchev–Trinajstić information content (AvgIpc) is 3.04. The molecule has 3 heterocycles. The number of ketones is 1. The highest BCUT2D eigenvalue weighted by molar-refractivity contribution is 7.12. The zero-order chi connectivity index (χ0) is 11.8. The van der Waals surface area contributed by atoms with Crippen molar-refractivity contribution in [1.29, 1.82) is 0 Å². The molecule has 17 heavy (non-hydrogen) atoms. The molecular formula is C14H18O2S. The first kappa shape index (κ1) is 11.4. The van der Waals surface area contributed by atoms with Crippen LogP contribution in [0.2, 0.25) is 0 Å². The van der Waals surface area contributed by atoms with E-state index in [9.17, 15) is 4.79 Å². The highest BCUT2D eigenvalue weighted by Crippen LogP contribution is 2.39. The summed E-state index contributed by atoms with van der Waals surface area (Å²) in [5.41, 5.74) is 0. The van der Waals surface area contributed by atoms with E-state index in [2.05, 4.69) is 19.1 Å². The standard InChI is InChI=1S/C14H18O2S/c1-2-10-4-5-11(17-10)8-13(15)12-7-9-3-6-14(12)16-9/h4-5,9,12,14H,2-3,6-8H2,1H3. The number of Topliss-reactive ketones (excluding diaryl/α,β-unsaturated/α-hetero) is 1. The minimum absolute atomic E-state index is 0.181. The van der Waals surface area contributed by atoms with E-state index in [1.165, 1.54) is 9.75 Å². The topological polar surface area (TPSA) is 26.3 Å². The maximum Gasteiger partial charge on any atom is 0.143 e. The van der Waals surface area contributed by atoms with E-state index in [4.69, 9.17) is 4.74 Å². The Hall–Kier alpha value is -0.670. The lowest BCUT2D eigenvalue weighted by molar-refractivity contribution is -0.123. The Bertz CT molecular complexity index is 424. The van der Waals surface area contributed by atoms with E-state index in [0.29, 0.717) is 18.3 Å². The van der Waals surface area contributed by atoms with Crippen LogP contribution in [0.5, 0.6) is 0 Å². The molecule has 1 aromatic heterocycles. The largest absolute Gasteiger partial charge is 0.374 e. The van der Waals surface area contributed by atoms with Gasteiger partial charge in [-0.15, -0.1) is 11.3 Å². The van der Waals surface area contributed by atoms with Gasteiger partial charge < -0.3 is 4.74 Å². The first-order valence-corrected chi connectivity index (χ1v) is 7.33. The van der Waals surface area contributed by atoms with E-state index in [1.54, 1.807) is 11.3 Å². The van der Waals surface area contributed by atoms with Crippen LogP contribution in [0, 0.1) is 5.92 Å². The summed E-state index contributed by atoms with van der Waals surface area (Å²) in [7, 11) is 0. The monoisotopic (exact) mass is 250 g/mol. The molecule has 3 heteroatoms. The number of hydrogen-bond acceptors (Lipinski definition) is 3. The molecule has 2 saturated heterocycles. The third kappa shape index (κ3) is 2.18. The van der Waals surface area contributed by atoms with E-state index >= 15 is 0 Å². The van der Waals surface area contributed by atoms with Gasteiger partial charge in [0.15, 0.2) is 0 Å². The van der Waals surface area contributed by atoms with Crippen LogP contribution in [0.3, 0.4) is 0 Å². The third-order valence-electron chi connectivity index (χ3n) is 3.93. The van der Waals surface area contributed by atoms with Crippen LogP contribution in [0.15, 0.2) is 12.1 Å². The van der Waals surface area contributed by atoms with Crippen molar-refractivity contribution in [2.45, 2.75) is 51.2 Å². The lowest BCUT2D eigenvalue weighted by atomic mass is 9.85. The van der Waals surface area contributed by atoms with Crippen LogP contribution in [0.25, 0.3) is 0 Å². The van der Waals surface area contributed by atoms with Crippen LogP contribution in [0.1, 0.15) is 35.9 Å². The molecule has 0 N–H and O–H groups in total. The zero-order valence-electron chi connectivity index (χ0n) is 10.1. The fourth-order valence-corrected chi connectivity index (χ4v) is 3.95. The van der Waals surface area contributed by atoms with Gasteiger partial charge in [-0.05, 0) is 37.8 Å². The quantitative estimate of drug-likeness (QED) is 0.821. The number of hydrogen-bond donors (Lipinski definition) is 0. The molecule has 3 rings (SSSR count). The van der Waals surface area contributed by atoms with Gasteiger partial charge in [-0.2, -0.15) is 0 Å². The summed E-state index contributed by atoms with van der Waals surface area (Å²) in [6.45, 7) is 2.15. The highest BCUT2D eigenvalue weighted by atomic mass is 32.1. The number of carbonyl (C=O) groups excluding carboxylic acids is 1. The minimum Gasteiger partial charge on any atom is -0.374 e. The lowest BCUT2D eigenvalue weighted by Crippen LogP contribution is -2.26. The summed E-state index contributed by atoms with van der Waals surface area (Å²) < 4.78 is 5.75. The highest BCUT2D eigenvalue weighted by Gasteiger charge is 2.43. The smallest absolute Gasteiger partial charge is 0.143 e. The number of ether oxygens (including phenoxy) is 1. The number of rotatable bonds is 4. The molecule has 2 aliphatic rings. The second-order valence-corrected chi connectivity index (χ2v) is 6.33. The van der Waals surface area contributed by atoms with Gasteiger partial charge >= 0.3 is 0 Å². The maximum absolute atomic E-state index is 12.2. The van der Waals surface area contributed by atoms with Crippen molar-refractivity contribution in [2.75, 3.05) is 0 Å². The van der Waals surface area contributed by atoms with Crippen molar-refractivity contribution in [3.05, 3.63) is 21.9 Å². The molecule has 2 bridgehead atoms. The molecule has 0 radical (unpaired) electrons. The number of carbonyl (C=O) groups is 1. The average molecular weight is 250 g/mol. The van der Waals surface area contributed by atoms with E-state index in [-0.39, 0.29) is 12.0 Å². The van der Waals surface area contributed by atoms with Crippen molar-refractivity contribution in [3.8, 4) is 0 Å². The first-order chi connectivity index (χ1) is 8.26. The summed E-state index contributed by atoms with van der Waals surface area (Å²) in [4.78, 5) is 14.8. The predicted molar refractivity (Wildman–Crippen MR) is 68.4 cm³/mol. The molecule has 2 fully saturated rings. The van der Waals surface area contributed by atoms with E-state index in [0.717, 1.165) is 25.7 Å². The Balaban J connectivity index is 1.63. The Morgan fingerprint density at radius 3 is 2.82 bits per heavy atom. The van der Waals surface area contributed by atoms with Crippen molar-refractivity contribution in [3.63, 3.8) is 0 Å². The Morgan fingerprint density at radius 1 is 1.41 bits per heavy atom. The van der Waals surface area contributed by atoms with Crippen LogP contribution < -0.4 is 0 Å². The molecule has 0 aromatic carbocycles. The molecule has 3 atom stereocenters. The molecule has 3 unspecified atom stereocenters. The van der Waals surface area contributed by atoms with Crippen molar-refractivity contribution in [1.82, 2.24) is 0 Å². The fraction of sp³-hybridized carbons (Fsp3) is 0.643.